The third-order valence-electron chi connectivity index (χ3n) is 6.20. The van der Waals surface area contributed by atoms with Gasteiger partial charge in [-0.3, -0.25) is 9.69 Å². The van der Waals surface area contributed by atoms with Gasteiger partial charge in [-0.2, -0.15) is 0 Å². The van der Waals surface area contributed by atoms with E-state index in [0.717, 1.165) is 56.0 Å². The molecule has 0 aliphatic carbocycles. The van der Waals surface area contributed by atoms with Crippen molar-refractivity contribution >= 4 is 5.91 Å². The highest BCUT2D eigenvalue weighted by Crippen LogP contribution is 2.41. The van der Waals surface area contributed by atoms with E-state index in [1.165, 1.54) is 5.56 Å². The Bertz CT molecular complexity index is 873. The molecule has 5 heteroatoms. The zero-order chi connectivity index (χ0) is 21.1. The lowest BCUT2D eigenvalue weighted by molar-refractivity contribution is -0.127. The topological polar surface area (TPSA) is 50.8 Å². The van der Waals surface area contributed by atoms with Crippen LogP contribution < -0.4 is 14.8 Å². The Kier molecular flexibility index (Phi) is 6.00. The van der Waals surface area contributed by atoms with Gasteiger partial charge in [-0.1, -0.05) is 30.3 Å². The summed E-state index contributed by atoms with van der Waals surface area (Å²) in [6, 6.07) is 16.4. The zero-order valence-electron chi connectivity index (χ0n) is 18.2. The molecule has 1 fully saturated rings. The standard InChI is InChI=1S/C25H32N2O3/c1-25(2)16-22(21-10-9-20(29-3)15-23(21)30-25)26-24(28)19-11-13-27(14-12-19)17-18-7-5-4-6-8-18/h4-10,15,19,22H,11-14,16-17H2,1-3H3,(H,26,28). The van der Waals surface area contributed by atoms with Gasteiger partial charge in [0.15, 0.2) is 0 Å². The van der Waals surface area contributed by atoms with Gasteiger partial charge in [-0.25, -0.2) is 0 Å². The molecule has 1 unspecified atom stereocenters. The highest BCUT2D eigenvalue weighted by Gasteiger charge is 2.36. The van der Waals surface area contributed by atoms with E-state index in [-0.39, 0.29) is 23.5 Å². The number of fused-ring (bicyclic) bond motifs is 1. The van der Waals surface area contributed by atoms with E-state index in [9.17, 15) is 4.79 Å². The lowest BCUT2D eigenvalue weighted by Gasteiger charge is -2.39. The molecule has 160 valence electrons. The number of piperidine rings is 1. The number of methoxy groups -OCH3 is 1. The van der Waals surface area contributed by atoms with Crippen molar-refractivity contribution in [2.45, 2.75) is 51.3 Å². The van der Waals surface area contributed by atoms with Crippen molar-refractivity contribution in [2.24, 2.45) is 5.92 Å². The molecular weight excluding hydrogens is 376 g/mol. The Morgan fingerprint density at radius 2 is 1.90 bits per heavy atom. The Morgan fingerprint density at radius 1 is 1.17 bits per heavy atom. The summed E-state index contributed by atoms with van der Waals surface area (Å²) in [5.41, 5.74) is 2.03. The number of hydrogen-bond acceptors (Lipinski definition) is 4. The van der Waals surface area contributed by atoms with Crippen LogP contribution in [0, 0.1) is 5.92 Å². The number of hydrogen-bond donors (Lipinski definition) is 1. The second kappa shape index (κ2) is 8.68. The van der Waals surface area contributed by atoms with Gasteiger partial charge in [0.1, 0.15) is 17.1 Å². The molecule has 4 rings (SSSR count). The van der Waals surface area contributed by atoms with Crippen molar-refractivity contribution in [1.82, 2.24) is 10.2 Å². The lowest BCUT2D eigenvalue weighted by atomic mass is 9.88. The quantitative estimate of drug-likeness (QED) is 0.800. The van der Waals surface area contributed by atoms with Gasteiger partial charge >= 0.3 is 0 Å². The monoisotopic (exact) mass is 408 g/mol. The van der Waals surface area contributed by atoms with Crippen LogP contribution in [0.15, 0.2) is 48.5 Å². The van der Waals surface area contributed by atoms with Gasteiger partial charge in [0.05, 0.1) is 13.2 Å². The summed E-state index contributed by atoms with van der Waals surface area (Å²) in [4.78, 5) is 15.5. The first-order chi connectivity index (χ1) is 14.4. The van der Waals surface area contributed by atoms with Crippen molar-refractivity contribution in [3.8, 4) is 11.5 Å². The number of carbonyl (C=O) groups excluding carboxylic acids is 1. The molecule has 2 aliphatic rings. The molecule has 0 radical (unpaired) electrons. The van der Waals surface area contributed by atoms with Crippen LogP contribution in [0.25, 0.3) is 0 Å². The average molecular weight is 409 g/mol. The molecule has 1 N–H and O–H groups in total. The van der Waals surface area contributed by atoms with E-state index in [0.29, 0.717) is 0 Å². The van der Waals surface area contributed by atoms with E-state index in [1.807, 2.05) is 24.3 Å². The summed E-state index contributed by atoms with van der Waals surface area (Å²) in [6.07, 6.45) is 2.56. The molecule has 2 aliphatic heterocycles. The predicted octanol–water partition coefficient (Wildman–Crippen LogP) is 4.33. The Balaban J connectivity index is 1.37. The highest BCUT2D eigenvalue weighted by molar-refractivity contribution is 5.79. The molecular formula is C25H32N2O3. The smallest absolute Gasteiger partial charge is 0.223 e. The lowest BCUT2D eigenvalue weighted by Crippen LogP contribution is -2.45. The van der Waals surface area contributed by atoms with Gasteiger partial charge in [-0.15, -0.1) is 0 Å². The third kappa shape index (κ3) is 4.78. The third-order valence-corrected chi connectivity index (χ3v) is 6.20. The molecule has 1 saturated heterocycles. The van der Waals surface area contributed by atoms with Crippen LogP contribution >= 0.6 is 0 Å². The van der Waals surface area contributed by atoms with Gasteiger partial charge in [0, 0.05) is 30.5 Å². The Hall–Kier alpha value is -2.53. The molecule has 30 heavy (non-hydrogen) atoms. The fourth-order valence-electron chi connectivity index (χ4n) is 4.57. The minimum atomic E-state index is -0.337. The molecule has 0 aromatic heterocycles. The number of nitrogens with zero attached hydrogens (tertiary/aromatic N) is 1. The van der Waals surface area contributed by atoms with Gasteiger partial charge < -0.3 is 14.8 Å². The van der Waals surface area contributed by atoms with Crippen LogP contribution in [0.4, 0.5) is 0 Å². The second-order valence-corrected chi connectivity index (χ2v) is 9.07. The zero-order valence-corrected chi connectivity index (χ0v) is 18.2. The Morgan fingerprint density at radius 3 is 2.60 bits per heavy atom. The molecule has 1 amide bonds. The summed E-state index contributed by atoms with van der Waals surface area (Å²) < 4.78 is 11.5. The van der Waals surface area contributed by atoms with Crippen LogP contribution in [-0.4, -0.2) is 36.6 Å². The summed E-state index contributed by atoms with van der Waals surface area (Å²) in [7, 11) is 1.65. The van der Waals surface area contributed by atoms with E-state index in [1.54, 1.807) is 7.11 Å². The maximum atomic E-state index is 13.1. The van der Waals surface area contributed by atoms with Gasteiger partial charge in [0.25, 0.3) is 0 Å². The van der Waals surface area contributed by atoms with Crippen LogP contribution in [0.5, 0.6) is 11.5 Å². The molecule has 0 saturated carbocycles. The van der Waals surface area contributed by atoms with E-state index < -0.39 is 0 Å². The molecule has 0 bridgehead atoms. The highest BCUT2D eigenvalue weighted by atomic mass is 16.5. The largest absolute Gasteiger partial charge is 0.497 e. The fraction of sp³-hybridized carbons (Fsp3) is 0.480. The van der Waals surface area contributed by atoms with Crippen molar-refractivity contribution in [1.29, 1.82) is 0 Å². The minimum Gasteiger partial charge on any atom is -0.497 e. The maximum Gasteiger partial charge on any atom is 0.223 e. The number of benzene rings is 2. The molecule has 2 heterocycles. The number of carbonyl (C=O) groups is 1. The minimum absolute atomic E-state index is 0.0375. The van der Waals surface area contributed by atoms with E-state index >= 15 is 0 Å². The van der Waals surface area contributed by atoms with Crippen LogP contribution in [0.1, 0.15) is 50.3 Å². The van der Waals surface area contributed by atoms with Crippen LogP contribution in [-0.2, 0) is 11.3 Å². The van der Waals surface area contributed by atoms with E-state index in [2.05, 4.69) is 48.3 Å². The number of ether oxygens (including phenoxy) is 2. The first-order valence-corrected chi connectivity index (χ1v) is 10.9. The number of likely N-dealkylation sites (tertiary alicyclic amines) is 1. The first kappa shape index (κ1) is 20.7. The van der Waals surface area contributed by atoms with Crippen molar-refractivity contribution in [3.05, 3.63) is 59.7 Å². The molecule has 0 spiro atoms. The number of nitrogens with one attached hydrogen (secondary N) is 1. The van der Waals surface area contributed by atoms with Gasteiger partial charge in [0.2, 0.25) is 5.91 Å². The van der Waals surface area contributed by atoms with Crippen LogP contribution in [0.2, 0.25) is 0 Å². The Labute approximate surface area is 179 Å². The molecule has 5 nitrogen and oxygen atoms in total. The average Bonchev–Trinajstić information content (AvgIpc) is 2.73. The maximum absolute atomic E-state index is 13.1. The summed E-state index contributed by atoms with van der Waals surface area (Å²) in [5, 5.41) is 3.32. The normalized spacial score (nSPS) is 21.4. The van der Waals surface area contributed by atoms with Gasteiger partial charge in [-0.05, 0) is 57.5 Å². The van der Waals surface area contributed by atoms with Crippen molar-refractivity contribution < 1.29 is 14.3 Å². The first-order valence-electron chi connectivity index (χ1n) is 10.9. The van der Waals surface area contributed by atoms with E-state index in [4.69, 9.17) is 9.47 Å². The molecule has 1 atom stereocenters. The molecule has 2 aromatic rings. The predicted molar refractivity (Wildman–Crippen MR) is 118 cm³/mol. The summed E-state index contributed by atoms with van der Waals surface area (Å²) in [6.45, 7) is 7.01. The second-order valence-electron chi connectivity index (χ2n) is 9.07. The van der Waals surface area contributed by atoms with Crippen molar-refractivity contribution in [2.75, 3.05) is 20.2 Å². The fourth-order valence-corrected chi connectivity index (χ4v) is 4.57. The summed E-state index contributed by atoms with van der Waals surface area (Å²) >= 11 is 0. The van der Waals surface area contributed by atoms with Crippen LogP contribution in [0.3, 0.4) is 0 Å². The number of amides is 1. The SMILES string of the molecule is COc1ccc2c(c1)OC(C)(C)CC2NC(=O)C1CCN(Cc2ccccc2)CC1. The summed E-state index contributed by atoms with van der Waals surface area (Å²) in [5.74, 6) is 1.81. The molecule has 2 aromatic carbocycles. The van der Waals surface area contributed by atoms with Crippen molar-refractivity contribution in [3.63, 3.8) is 0 Å². The number of rotatable bonds is 5.